The molecule has 27 heavy (non-hydrogen) atoms. The number of carbonyl (C=O) groups is 1. The van der Waals surface area contributed by atoms with Crippen LogP contribution in [0.5, 0.6) is 6.01 Å². The highest BCUT2D eigenvalue weighted by Crippen LogP contribution is 2.23. The number of aldehydes is 1. The molecule has 0 unspecified atom stereocenters. The van der Waals surface area contributed by atoms with E-state index in [9.17, 15) is 9.18 Å². The van der Waals surface area contributed by atoms with Gasteiger partial charge in [-0.3, -0.25) is 20.2 Å². The maximum Gasteiger partial charge on any atom is 0.316 e. The van der Waals surface area contributed by atoms with Crippen molar-refractivity contribution in [2.24, 2.45) is 0 Å². The van der Waals surface area contributed by atoms with Gasteiger partial charge in [-0.2, -0.15) is 0 Å². The Balaban J connectivity index is 1.80. The van der Waals surface area contributed by atoms with Crippen molar-refractivity contribution >= 4 is 12.0 Å². The maximum absolute atomic E-state index is 13.4. The standard InChI is InChI=1S/C18H18FN5O3/c1-26-4-5-27-18-21-8-14(9-22-18)17-3-2-16(12-25)23-24(17)11-13-6-15(19)10-20-7-13/h2-3,6-10,12,23H,4-5,11H2,1H3. The van der Waals surface area contributed by atoms with Crippen LogP contribution in [0, 0.1) is 5.82 Å². The Labute approximate surface area is 155 Å². The fourth-order valence-electron chi connectivity index (χ4n) is 2.42. The summed E-state index contributed by atoms with van der Waals surface area (Å²) in [5.41, 5.74) is 5.42. The van der Waals surface area contributed by atoms with Crippen molar-refractivity contribution in [3.8, 4) is 6.01 Å². The predicted molar refractivity (Wildman–Crippen MR) is 94.4 cm³/mol. The van der Waals surface area contributed by atoms with Crippen LogP contribution in [0.4, 0.5) is 4.39 Å². The summed E-state index contributed by atoms with van der Waals surface area (Å²) >= 11 is 0. The number of rotatable bonds is 8. The van der Waals surface area contributed by atoms with Gasteiger partial charge in [-0.1, -0.05) is 0 Å². The third kappa shape index (κ3) is 4.85. The fourth-order valence-corrected chi connectivity index (χ4v) is 2.42. The molecule has 2 aromatic rings. The molecular weight excluding hydrogens is 353 g/mol. The van der Waals surface area contributed by atoms with E-state index < -0.39 is 5.82 Å². The van der Waals surface area contributed by atoms with Crippen LogP contribution < -0.4 is 10.2 Å². The molecule has 0 atom stereocenters. The molecule has 3 heterocycles. The second-order valence-corrected chi connectivity index (χ2v) is 5.60. The molecule has 0 fully saturated rings. The van der Waals surface area contributed by atoms with E-state index >= 15 is 0 Å². The van der Waals surface area contributed by atoms with Gasteiger partial charge >= 0.3 is 6.01 Å². The van der Waals surface area contributed by atoms with Crippen molar-refractivity contribution in [2.45, 2.75) is 6.54 Å². The van der Waals surface area contributed by atoms with Crippen LogP contribution >= 0.6 is 0 Å². The molecule has 0 aromatic carbocycles. The van der Waals surface area contributed by atoms with Crippen LogP contribution in [0.3, 0.4) is 0 Å². The number of nitrogens with one attached hydrogen (secondary N) is 1. The zero-order chi connectivity index (χ0) is 19.1. The zero-order valence-corrected chi connectivity index (χ0v) is 14.6. The van der Waals surface area contributed by atoms with Gasteiger partial charge in [0.2, 0.25) is 0 Å². The number of allylic oxidation sites excluding steroid dienone is 3. The van der Waals surface area contributed by atoms with Gasteiger partial charge in [0.25, 0.3) is 0 Å². The molecular formula is C18H18FN5O3. The first-order valence-electron chi connectivity index (χ1n) is 8.14. The average Bonchev–Trinajstić information content (AvgIpc) is 2.69. The third-order valence-electron chi connectivity index (χ3n) is 3.65. The van der Waals surface area contributed by atoms with Crippen molar-refractivity contribution < 1.29 is 18.7 Å². The van der Waals surface area contributed by atoms with Gasteiger partial charge in [-0.15, -0.1) is 0 Å². The monoisotopic (exact) mass is 371 g/mol. The van der Waals surface area contributed by atoms with Crippen LogP contribution in [0.15, 0.2) is 48.7 Å². The predicted octanol–water partition coefficient (Wildman–Crippen LogP) is 1.48. The van der Waals surface area contributed by atoms with Gasteiger partial charge in [-0.05, 0) is 23.8 Å². The van der Waals surface area contributed by atoms with Gasteiger partial charge in [0.05, 0.1) is 30.7 Å². The molecule has 9 heteroatoms. The normalized spacial score (nSPS) is 13.5. The summed E-state index contributed by atoms with van der Waals surface area (Å²) in [6.07, 6.45) is 10.0. The van der Waals surface area contributed by atoms with Crippen molar-refractivity contribution in [1.82, 2.24) is 25.4 Å². The first-order valence-corrected chi connectivity index (χ1v) is 8.14. The summed E-state index contributed by atoms with van der Waals surface area (Å²) in [5.74, 6) is -0.429. The Morgan fingerprint density at radius 3 is 2.70 bits per heavy atom. The molecule has 0 amide bonds. The van der Waals surface area contributed by atoms with Crippen LogP contribution in [0.25, 0.3) is 5.70 Å². The minimum absolute atomic E-state index is 0.241. The van der Waals surface area contributed by atoms with Gasteiger partial charge in [0, 0.05) is 31.3 Å². The van der Waals surface area contributed by atoms with Gasteiger partial charge in [0.1, 0.15) is 12.4 Å². The number of carbonyl (C=O) groups excluding carboxylic acids is 1. The lowest BCUT2D eigenvalue weighted by atomic mass is 10.1. The van der Waals surface area contributed by atoms with Gasteiger partial charge in [0.15, 0.2) is 6.29 Å². The SMILES string of the molecule is COCCOc1ncc(C2=CC=C(C=O)NN2Cc2cncc(F)c2)cn1. The number of hydrogen-bond acceptors (Lipinski definition) is 8. The molecule has 0 radical (unpaired) electrons. The maximum atomic E-state index is 13.4. The first kappa shape index (κ1) is 18.5. The van der Waals surface area contributed by atoms with Crippen LogP contribution in [0.1, 0.15) is 11.1 Å². The lowest BCUT2D eigenvalue weighted by molar-refractivity contribution is -0.105. The van der Waals surface area contributed by atoms with E-state index in [2.05, 4.69) is 20.4 Å². The number of nitrogens with zero attached hydrogens (tertiary/aromatic N) is 4. The van der Waals surface area contributed by atoms with E-state index in [1.165, 1.54) is 6.07 Å². The van der Waals surface area contributed by atoms with E-state index in [1.54, 1.807) is 42.9 Å². The molecule has 8 nitrogen and oxygen atoms in total. The average molecular weight is 371 g/mol. The molecule has 3 rings (SSSR count). The number of pyridine rings is 1. The molecule has 0 bridgehead atoms. The van der Waals surface area contributed by atoms with E-state index in [4.69, 9.17) is 9.47 Å². The Morgan fingerprint density at radius 2 is 2.00 bits per heavy atom. The third-order valence-corrected chi connectivity index (χ3v) is 3.65. The van der Waals surface area contributed by atoms with E-state index in [0.717, 1.165) is 6.20 Å². The summed E-state index contributed by atoms with van der Waals surface area (Å²) in [7, 11) is 1.58. The number of aromatic nitrogens is 3. The summed E-state index contributed by atoms with van der Waals surface area (Å²) in [6, 6.07) is 1.62. The molecule has 1 N–H and O–H groups in total. The lowest BCUT2D eigenvalue weighted by Gasteiger charge is -2.31. The molecule has 0 saturated heterocycles. The minimum Gasteiger partial charge on any atom is -0.461 e. The second-order valence-electron chi connectivity index (χ2n) is 5.60. The second kappa shape index (κ2) is 8.86. The van der Waals surface area contributed by atoms with E-state index in [0.29, 0.717) is 42.0 Å². The van der Waals surface area contributed by atoms with Crippen LogP contribution in [-0.2, 0) is 16.1 Å². The number of ether oxygens (including phenoxy) is 2. The Morgan fingerprint density at radius 1 is 1.19 bits per heavy atom. The minimum atomic E-state index is -0.429. The zero-order valence-electron chi connectivity index (χ0n) is 14.6. The highest BCUT2D eigenvalue weighted by molar-refractivity contribution is 5.77. The number of methoxy groups -OCH3 is 1. The molecule has 0 spiro atoms. The largest absolute Gasteiger partial charge is 0.461 e. The first-order chi connectivity index (χ1) is 13.2. The Hall–Kier alpha value is -3.33. The topological polar surface area (TPSA) is 89.5 Å². The molecule has 140 valence electrons. The Kier molecular flexibility index (Phi) is 6.06. The summed E-state index contributed by atoms with van der Waals surface area (Å²) in [4.78, 5) is 23.3. The van der Waals surface area contributed by atoms with E-state index in [-0.39, 0.29) is 12.6 Å². The lowest BCUT2D eigenvalue weighted by Crippen LogP contribution is -2.37. The number of hydrogen-bond donors (Lipinski definition) is 1. The van der Waals surface area contributed by atoms with Crippen molar-refractivity contribution in [3.05, 3.63) is 65.6 Å². The van der Waals surface area contributed by atoms with Crippen LogP contribution in [-0.4, -0.2) is 46.6 Å². The Bertz CT molecular complexity index is 854. The number of hydrazine groups is 1. The van der Waals surface area contributed by atoms with Crippen molar-refractivity contribution in [2.75, 3.05) is 20.3 Å². The van der Waals surface area contributed by atoms with Crippen molar-refractivity contribution in [3.63, 3.8) is 0 Å². The fraction of sp³-hybridized carbons (Fsp3) is 0.222. The van der Waals surface area contributed by atoms with Crippen molar-refractivity contribution in [1.29, 1.82) is 0 Å². The molecule has 0 aliphatic carbocycles. The molecule has 2 aromatic heterocycles. The highest BCUT2D eigenvalue weighted by atomic mass is 19.1. The molecule has 1 aliphatic rings. The van der Waals surface area contributed by atoms with Gasteiger partial charge in [-0.25, -0.2) is 14.4 Å². The van der Waals surface area contributed by atoms with Gasteiger partial charge < -0.3 is 9.47 Å². The smallest absolute Gasteiger partial charge is 0.316 e. The highest BCUT2D eigenvalue weighted by Gasteiger charge is 2.18. The van der Waals surface area contributed by atoms with E-state index in [1.807, 2.05) is 0 Å². The molecule has 0 saturated carbocycles. The molecule has 1 aliphatic heterocycles. The summed E-state index contributed by atoms with van der Waals surface area (Å²) in [6.45, 7) is 1.08. The summed E-state index contributed by atoms with van der Waals surface area (Å²) < 4.78 is 23.7. The quantitative estimate of drug-likeness (QED) is 0.551. The van der Waals surface area contributed by atoms with Crippen LogP contribution in [0.2, 0.25) is 0 Å². The summed E-state index contributed by atoms with van der Waals surface area (Å²) in [5, 5.41) is 1.70. The number of halogens is 1.